The molecule has 2 unspecified atom stereocenters. The molecule has 0 bridgehead atoms. The maximum atomic E-state index is 11.7. The third kappa shape index (κ3) is 7.93. The van der Waals surface area contributed by atoms with Crippen molar-refractivity contribution in [2.75, 3.05) is 13.2 Å². The van der Waals surface area contributed by atoms with Crippen LogP contribution in [0.15, 0.2) is 30.3 Å². The van der Waals surface area contributed by atoms with E-state index in [1.54, 1.807) is 12.1 Å². The van der Waals surface area contributed by atoms with Crippen molar-refractivity contribution in [2.45, 2.75) is 33.7 Å². The number of hydrogen-bond acceptors (Lipinski definition) is 3. The second-order valence-electron chi connectivity index (χ2n) is 5.77. The highest BCUT2D eigenvalue weighted by Gasteiger charge is 2.23. The van der Waals surface area contributed by atoms with Gasteiger partial charge in [-0.25, -0.2) is 4.52 Å². The minimum atomic E-state index is -1.92. The minimum Gasteiger partial charge on any atom is -0.379 e. The zero-order valence-corrected chi connectivity index (χ0v) is 12.9. The van der Waals surface area contributed by atoms with Crippen LogP contribution in [0.5, 0.6) is 5.75 Å². The molecule has 0 aliphatic heterocycles. The minimum absolute atomic E-state index is 0.0188. The van der Waals surface area contributed by atoms with Crippen LogP contribution in [0.25, 0.3) is 0 Å². The van der Waals surface area contributed by atoms with Gasteiger partial charge >= 0.3 is 8.18 Å². The van der Waals surface area contributed by atoms with Gasteiger partial charge in [-0.1, -0.05) is 44.1 Å². The van der Waals surface area contributed by atoms with Gasteiger partial charge in [-0.15, -0.1) is 0 Å². The summed E-state index contributed by atoms with van der Waals surface area (Å²) in [6.07, 6.45) is 0. The molecule has 0 aliphatic rings. The van der Waals surface area contributed by atoms with E-state index in [1.165, 1.54) is 0 Å². The molecule has 0 aliphatic carbocycles. The molecule has 0 saturated carbocycles. The molecule has 1 rings (SSSR count). The Morgan fingerprint density at radius 1 is 1.26 bits per heavy atom. The molecular formula is C14H23NO3P+. The lowest BCUT2D eigenvalue weighted by Crippen LogP contribution is -2.28. The van der Waals surface area contributed by atoms with Crippen LogP contribution in [-0.2, 0) is 9.30 Å². The standard InChI is InChI=1S/C14H23NO3P/c1-12(10-17-11-14(2,3)4)15-19(16)18-13-8-6-5-7-9-13/h5-9,12H,10-11H2,1-4H3,(H,15,16)/q+1. The lowest BCUT2D eigenvalue weighted by atomic mass is 9.99. The second-order valence-corrected chi connectivity index (χ2v) is 6.72. The van der Waals surface area contributed by atoms with Crippen molar-refractivity contribution in [1.82, 2.24) is 5.09 Å². The first kappa shape index (κ1) is 16.1. The van der Waals surface area contributed by atoms with Crippen molar-refractivity contribution >= 4 is 8.18 Å². The molecule has 106 valence electrons. The summed E-state index contributed by atoms with van der Waals surface area (Å²) >= 11 is 0. The Morgan fingerprint density at radius 2 is 1.89 bits per heavy atom. The van der Waals surface area contributed by atoms with E-state index in [4.69, 9.17) is 9.26 Å². The van der Waals surface area contributed by atoms with Gasteiger partial charge in [0.25, 0.3) is 0 Å². The number of para-hydroxylation sites is 1. The van der Waals surface area contributed by atoms with E-state index >= 15 is 0 Å². The Bertz CT molecular complexity index is 389. The van der Waals surface area contributed by atoms with Crippen LogP contribution in [-0.4, -0.2) is 19.3 Å². The Morgan fingerprint density at radius 3 is 2.47 bits per heavy atom. The van der Waals surface area contributed by atoms with E-state index in [-0.39, 0.29) is 11.5 Å². The third-order valence-electron chi connectivity index (χ3n) is 2.16. The summed E-state index contributed by atoms with van der Waals surface area (Å²) in [5, 5.41) is 2.88. The van der Waals surface area contributed by atoms with Gasteiger partial charge in [0.2, 0.25) is 0 Å². The first-order valence-electron chi connectivity index (χ1n) is 6.41. The van der Waals surface area contributed by atoms with Gasteiger partial charge in [0, 0.05) is 4.57 Å². The van der Waals surface area contributed by atoms with Crippen molar-refractivity contribution in [1.29, 1.82) is 0 Å². The molecule has 0 fully saturated rings. The molecular weight excluding hydrogens is 261 g/mol. The Labute approximate surface area is 116 Å². The molecule has 1 aromatic carbocycles. The van der Waals surface area contributed by atoms with Crippen LogP contribution in [0.2, 0.25) is 0 Å². The quantitative estimate of drug-likeness (QED) is 0.774. The molecule has 0 amide bonds. The zero-order chi connectivity index (χ0) is 14.3. The average molecular weight is 284 g/mol. The van der Waals surface area contributed by atoms with E-state index in [0.717, 1.165) is 0 Å². The van der Waals surface area contributed by atoms with Gasteiger partial charge in [0.15, 0.2) is 5.75 Å². The molecule has 4 nitrogen and oxygen atoms in total. The fourth-order valence-corrected chi connectivity index (χ4v) is 2.16. The average Bonchev–Trinajstić information content (AvgIpc) is 2.28. The number of ether oxygens (including phenoxy) is 1. The lowest BCUT2D eigenvalue weighted by molar-refractivity contribution is 0.0624. The van der Waals surface area contributed by atoms with Crippen molar-refractivity contribution in [2.24, 2.45) is 5.41 Å². The third-order valence-corrected chi connectivity index (χ3v) is 3.19. The monoisotopic (exact) mass is 284 g/mol. The van der Waals surface area contributed by atoms with Gasteiger partial charge in [0.1, 0.15) is 0 Å². The maximum Gasteiger partial charge on any atom is 0.664 e. The molecule has 19 heavy (non-hydrogen) atoms. The predicted molar refractivity (Wildman–Crippen MR) is 77.5 cm³/mol. The summed E-state index contributed by atoms with van der Waals surface area (Å²) in [5.74, 6) is 0.596. The van der Waals surface area contributed by atoms with Gasteiger partial charge in [-0.05, 0) is 24.5 Å². The summed E-state index contributed by atoms with van der Waals surface area (Å²) in [6.45, 7) is 9.45. The summed E-state index contributed by atoms with van der Waals surface area (Å²) < 4.78 is 22.6. The van der Waals surface area contributed by atoms with Gasteiger partial charge in [-0.2, -0.15) is 0 Å². The second kappa shape index (κ2) is 7.59. The summed E-state index contributed by atoms with van der Waals surface area (Å²) in [5.41, 5.74) is 0.141. The van der Waals surface area contributed by atoms with Crippen molar-refractivity contribution in [3.8, 4) is 5.75 Å². The van der Waals surface area contributed by atoms with Crippen LogP contribution in [0.4, 0.5) is 0 Å². The topological polar surface area (TPSA) is 47.6 Å². The summed E-state index contributed by atoms with van der Waals surface area (Å²) in [7, 11) is -1.92. The Balaban J connectivity index is 2.25. The van der Waals surface area contributed by atoms with Crippen LogP contribution in [0.1, 0.15) is 27.7 Å². The molecule has 0 saturated heterocycles. The van der Waals surface area contributed by atoms with E-state index < -0.39 is 8.18 Å². The Hall–Kier alpha value is -0.960. The highest BCUT2D eigenvalue weighted by atomic mass is 31.1. The largest absolute Gasteiger partial charge is 0.664 e. The first-order valence-corrected chi connectivity index (χ1v) is 7.59. The summed E-state index contributed by atoms with van der Waals surface area (Å²) in [4.78, 5) is 0. The zero-order valence-electron chi connectivity index (χ0n) is 12.1. The highest BCUT2D eigenvalue weighted by Crippen LogP contribution is 2.23. The first-order chi connectivity index (χ1) is 8.87. The van der Waals surface area contributed by atoms with Gasteiger partial charge < -0.3 is 4.74 Å². The van der Waals surface area contributed by atoms with Gasteiger partial charge in [0.05, 0.1) is 19.3 Å². The molecule has 1 N–H and O–H groups in total. The predicted octanol–water partition coefficient (Wildman–Crippen LogP) is 3.76. The molecule has 2 atom stereocenters. The van der Waals surface area contributed by atoms with E-state index in [2.05, 4.69) is 25.9 Å². The number of hydrogen-bond donors (Lipinski definition) is 1. The molecule has 0 radical (unpaired) electrons. The van der Waals surface area contributed by atoms with Crippen molar-refractivity contribution in [3.63, 3.8) is 0 Å². The molecule has 0 aromatic heterocycles. The molecule has 5 heteroatoms. The van der Waals surface area contributed by atoms with Crippen LogP contribution in [0.3, 0.4) is 0 Å². The fraction of sp³-hybridized carbons (Fsp3) is 0.571. The molecule has 0 spiro atoms. The van der Waals surface area contributed by atoms with Gasteiger partial charge in [-0.3, -0.25) is 0 Å². The number of rotatable bonds is 7. The SMILES string of the molecule is CC(COCC(C)(C)C)N[P+](=O)Oc1ccccc1. The van der Waals surface area contributed by atoms with Crippen molar-refractivity contribution < 1.29 is 13.8 Å². The highest BCUT2D eigenvalue weighted by molar-refractivity contribution is 7.37. The van der Waals surface area contributed by atoms with Crippen LogP contribution >= 0.6 is 8.18 Å². The maximum absolute atomic E-state index is 11.7. The lowest BCUT2D eigenvalue weighted by Gasteiger charge is -2.18. The Kier molecular flexibility index (Phi) is 6.43. The van der Waals surface area contributed by atoms with Crippen LogP contribution < -0.4 is 9.61 Å². The fourth-order valence-electron chi connectivity index (χ4n) is 1.36. The van der Waals surface area contributed by atoms with Crippen molar-refractivity contribution in [3.05, 3.63) is 30.3 Å². The number of benzene rings is 1. The van der Waals surface area contributed by atoms with E-state index in [1.807, 2.05) is 25.1 Å². The number of nitrogens with one attached hydrogen (secondary N) is 1. The normalized spacial score (nSPS) is 14.0. The van der Waals surface area contributed by atoms with E-state index in [9.17, 15) is 4.57 Å². The summed E-state index contributed by atoms with van der Waals surface area (Å²) in [6, 6.07) is 9.10. The molecule has 1 aromatic rings. The van der Waals surface area contributed by atoms with E-state index in [0.29, 0.717) is 19.0 Å². The molecule has 0 heterocycles. The smallest absolute Gasteiger partial charge is 0.379 e. The van der Waals surface area contributed by atoms with Crippen LogP contribution in [0, 0.1) is 5.41 Å².